The molecule has 0 saturated carbocycles. The number of aromatic hydroxyl groups is 2. The zero-order valence-corrected chi connectivity index (χ0v) is 14.7. The Bertz CT molecular complexity index is 621. The van der Waals surface area contributed by atoms with Crippen molar-refractivity contribution >= 4 is 16.8 Å². The Labute approximate surface area is 133 Å². The van der Waals surface area contributed by atoms with E-state index < -0.39 is 39.1 Å². The highest BCUT2D eigenvalue weighted by atomic mass is 32.2. The number of carbonyl (C=O) groups is 1. The molecule has 0 aromatic heterocycles. The smallest absolute Gasteiger partial charge is 0.316 e. The van der Waals surface area contributed by atoms with E-state index in [1.165, 1.54) is 0 Å². The summed E-state index contributed by atoms with van der Waals surface area (Å²) < 4.78 is 12.3. The molecule has 3 N–H and O–H groups in total. The molecule has 0 aliphatic heterocycles. The molecule has 5 nitrogen and oxygen atoms in total. The van der Waals surface area contributed by atoms with Gasteiger partial charge in [0.15, 0.2) is 11.5 Å². The van der Waals surface area contributed by atoms with Gasteiger partial charge in [-0.2, -0.15) is 0 Å². The molecular formula is C16H24O5S. The van der Waals surface area contributed by atoms with Crippen molar-refractivity contribution in [1.29, 1.82) is 0 Å². The third-order valence-electron chi connectivity index (χ3n) is 3.33. The molecule has 1 aromatic carbocycles. The van der Waals surface area contributed by atoms with E-state index >= 15 is 0 Å². The van der Waals surface area contributed by atoms with Gasteiger partial charge in [0.25, 0.3) is 0 Å². The predicted molar refractivity (Wildman–Crippen MR) is 86.1 cm³/mol. The van der Waals surface area contributed by atoms with E-state index in [2.05, 4.69) is 0 Å². The van der Waals surface area contributed by atoms with Gasteiger partial charge in [-0.15, -0.1) is 0 Å². The SMILES string of the molecule is CC(C)(C)c1cc(C(C)(C)C)c(S(=O)CC(=O)O)c(O)c1O. The van der Waals surface area contributed by atoms with Crippen molar-refractivity contribution in [2.45, 2.75) is 57.3 Å². The van der Waals surface area contributed by atoms with Crippen LogP contribution < -0.4 is 0 Å². The van der Waals surface area contributed by atoms with Crippen LogP contribution in [0.3, 0.4) is 0 Å². The largest absolute Gasteiger partial charge is 0.504 e. The number of phenols is 2. The molecule has 0 heterocycles. The van der Waals surface area contributed by atoms with Crippen LogP contribution in [-0.2, 0) is 26.4 Å². The van der Waals surface area contributed by atoms with Crippen LogP contribution in [0.25, 0.3) is 0 Å². The first-order valence-corrected chi connectivity index (χ1v) is 8.28. The summed E-state index contributed by atoms with van der Waals surface area (Å²) in [6.45, 7) is 11.3. The van der Waals surface area contributed by atoms with Crippen molar-refractivity contribution in [2.24, 2.45) is 0 Å². The van der Waals surface area contributed by atoms with E-state index in [0.29, 0.717) is 11.1 Å². The van der Waals surface area contributed by atoms with Gasteiger partial charge in [-0.1, -0.05) is 41.5 Å². The maximum atomic E-state index is 12.3. The molecule has 0 aliphatic rings. The first-order chi connectivity index (χ1) is 9.76. The van der Waals surface area contributed by atoms with Crippen LogP contribution >= 0.6 is 0 Å². The summed E-state index contributed by atoms with van der Waals surface area (Å²) in [5, 5.41) is 29.4. The topological polar surface area (TPSA) is 94.8 Å². The monoisotopic (exact) mass is 328 g/mol. The number of benzene rings is 1. The van der Waals surface area contributed by atoms with E-state index in [1.807, 2.05) is 41.5 Å². The predicted octanol–water partition coefficient (Wildman–Crippen LogP) is 2.89. The minimum absolute atomic E-state index is 0.000370. The van der Waals surface area contributed by atoms with Crippen molar-refractivity contribution in [3.05, 3.63) is 17.2 Å². The quantitative estimate of drug-likeness (QED) is 0.742. The van der Waals surface area contributed by atoms with E-state index in [9.17, 15) is 19.2 Å². The van der Waals surface area contributed by atoms with Gasteiger partial charge in [-0.05, 0) is 22.5 Å². The molecule has 0 fully saturated rings. The Hall–Kier alpha value is -1.56. The number of carboxylic acids is 1. The molecule has 0 spiro atoms. The van der Waals surface area contributed by atoms with Crippen molar-refractivity contribution < 1.29 is 24.3 Å². The molecule has 0 saturated heterocycles. The highest BCUT2D eigenvalue weighted by Crippen LogP contribution is 2.45. The zero-order chi connectivity index (χ0) is 17.5. The normalized spacial score (nSPS) is 13.9. The fourth-order valence-corrected chi connectivity index (χ4v) is 3.48. The molecule has 1 unspecified atom stereocenters. The van der Waals surface area contributed by atoms with Crippen LogP contribution in [-0.4, -0.2) is 31.3 Å². The first kappa shape index (κ1) is 18.5. The fourth-order valence-electron chi connectivity index (χ4n) is 2.18. The number of phenolic OH excluding ortho intramolecular Hbond substituents is 2. The second-order valence-corrected chi connectivity index (χ2v) is 8.77. The first-order valence-electron chi connectivity index (χ1n) is 6.97. The summed E-state index contributed by atoms with van der Waals surface area (Å²) in [5.41, 5.74) is 0.224. The Morgan fingerprint density at radius 2 is 1.45 bits per heavy atom. The summed E-state index contributed by atoms with van der Waals surface area (Å²) in [6, 6.07) is 1.71. The molecule has 0 amide bonds. The number of aliphatic carboxylic acids is 1. The molecule has 0 bridgehead atoms. The van der Waals surface area contributed by atoms with Gasteiger partial charge in [0.1, 0.15) is 5.75 Å². The second kappa shape index (κ2) is 5.91. The maximum Gasteiger partial charge on any atom is 0.316 e. The molecule has 124 valence electrons. The number of carboxylic acid groups (broad SMARTS) is 1. The summed E-state index contributed by atoms with van der Waals surface area (Å²) in [5.74, 6) is -2.67. The lowest BCUT2D eigenvalue weighted by molar-refractivity contribution is -0.133. The van der Waals surface area contributed by atoms with Crippen molar-refractivity contribution in [1.82, 2.24) is 0 Å². The van der Waals surface area contributed by atoms with Gasteiger partial charge in [-0.25, -0.2) is 0 Å². The summed E-state index contributed by atoms with van der Waals surface area (Å²) in [4.78, 5) is 10.8. The highest BCUT2D eigenvalue weighted by Gasteiger charge is 2.31. The Kier molecular flexibility index (Phi) is 4.97. The molecule has 0 aliphatic carbocycles. The van der Waals surface area contributed by atoms with Gasteiger partial charge in [-0.3, -0.25) is 9.00 Å². The average molecular weight is 328 g/mol. The van der Waals surface area contributed by atoms with Gasteiger partial charge < -0.3 is 15.3 Å². The third kappa shape index (κ3) is 3.80. The summed E-state index contributed by atoms with van der Waals surface area (Å²) in [7, 11) is -1.94. The van der Waals surface area contributed by atoms with Crippen molar-refractivity contribution in [2.75, 3.05) is 5.75 Å². The maximum absolute atomic E-state index is 12.3. The minimum Gasteiger partial charge on any atom is -0.504 e. The zero-order valence-electron chi connectivity index (χ0n) is 13.9. The van der Waals surface area contributed by atoms with Gasteiger partial charge >= 0.3 is 5.97 Å². The highest BCUT2D eigenvalue weighted by molar-refractivity contribution is 7.86. The standard InChI is InChI=1S/C16H24O5S/c1-15(2,3)9-7-10(16(4,5)6)14(13(20)12(9)19)22(21)8-11(17)18/h7,19-20H,8H2,1-6H3,(H,17,18). The minimum atomic E-state index is -1.94. The Balaban J connectivity index is 3.73. The molecular weight excluding hydrogens is 304 g/mol. The van der Waals surface area contributed by atoms with E-state index in [4.69, 9.17) is 5.11 Å². The molecule has 1 atom stereocenters. The lowest BCUT2D eigenvalue weighted by Gasteiger charge is -2.28. The van der Waals surface area contributed by atoms with E-state index in [-0.39, 0.29) is 10.6 Å². The number of hydrogen-bond acceptors (Lipinski definition) is 4. The number of rotatable bonds is 3. The van der Waals surface area contributed by atoms with Crippen LogP contribution in [0.15, 0.2) is 11.0 Å². The van der Waals surface area contributed by atoms with Crippen LogP contribution in [0.4, 0.5) is 0 Å². The van der Waals surface area contributed by atoms with Crippen LogP contribution in [0, 0.1) is 0 Å². The van der Waals surface area contributed by atoms with E-state index in [0.717, 1.165) is 0 Å². The summed E-state index contributed by atoms with van der Waals surface area (Å²) in [6.07, 6.45) is 0. The molecule has 1 rings (SSSR count). The molecule has 6 heteroatoms. The van der Waals surface area contributed by atoms with Gasteiger partial charge in [0.05, 0.1) is 15.7 Å². The van der Waals surface area contributed by atoms with Gasteiger partial charge in [0, 0.05) is 5.56 Å². The fraction of sp³-hybridized carbons (Fsp3) is 0.562. The molecule has 22 heavy (non-hydrogen) atoms. The summed E-state index contributed by atoms with van der Waals surface area (Å²) >= 11 is 0. The van der Waals surface area contributed by atoms with Crippen molar-refractivity contribution in [3.8, 4) is 11.5 Å². The van der Waals surface area contributed by atoms with Crippen molar-refractivity contribution in [3.63, 3.8) is 0 Å². The van der Waals surface area contributed by atoms with E-state index in [1.54, 1.807) is 6.07 Å². The Morgan fingerprint density at radius 3 is 1.82 bits per heavy atom. The van der Waals surface area contributed by atoms with Crippen LogP contribution in [0.5, 0.6) is 11.5 Å². The molecule has 0 radical (unpaired) electrons. The van der Waals surface area contributed by atoms with Crippen LogP contribution in [0.2, 0.25) is 0 Å². The Morgan fingerprint density at radius 1 is 1.00 bits per heavy atom. The lowest BCUT2D eigenvalue weighted by atomic mass is 9.80. The third-order valence-corrected chi connectivity index (χ3v) is 4.70. The second-order valence-electron chi connectivity index (χ2n) is 7.38. The van der Waals surface area contributed by atoms with Crippen LogP contribution in [0.1, 0.15) is 52.7 Å². The average Bonchev–Trinajstić information content (AvgIpc) is 2.27. The molecule has 1 aromatic rings. The lowest BCUT2D eigenvalue weighted by Crippen LogP contribution is -2.21. The van der Waals surface area contributed by atoms with Gasteiger partial charge in [0.2, 0.25) is 0 Å². The number of hydrogen-bond donors (Lipinski definition) is 3.